The van der Waals surface area contributed by atoms with Gasteiger partial charge in [-0.1, -0.05) is 6.07 Å². The van der Waals surface area contributed by atoms with Crippen molar-refractivity contribution in [3.8, 4) is 5.75 Å². The van der Waals surface area contributed by atoms with E-state index in [9.17, 15) is 9.90 Å². The maximum atomic E-state index is 10.4. The number of carboxylic acid groups (broad SMARTS) is 1. The molecule has 0 saturated carbocycles. The van der Waals surface area contributed by atoms with E-state index in [0.29, 0.717) is 5.75 Å². The van der Waals surface area contributed by atoms with Crippen molar-refractivity contribution in [3.05, 3.63) is 29.3 Å². The van der Waals surface area contributed by atoms with E-state index in [0.717, 1.165) is 11.1 Å². The highest BCUT2D eigenvalue weighted by Gasteiger charge is 2.04. The summed E-state index contributed by atoms with van der Waals surface area (Å²) in [5.74, 6) is -0.636. The first-order chi connectivity index (χ1) is 6.49. The lowest BCUT2D eigenvalue weighted by Gasteiger charge is -2.16. The van der Waals surface area contributed by atoms with Crippen LogP contribution in [0, 0.1) is 13.8 Å². The molecule has 0 fully saturated rings. The monoisotopic (exact) mass is 193 g/mol. The Balaban J connectivity index is 2.81. The highest BCUT2D eigenvalue weighted by molar-refractivity contribution is 5.69. The van der Waals surface area contributed by atoms with E-state index in [1.165, 1.54) is 6.92 Å². The van der Waals surface area contributed by atoms with E-state index in [2.05, 4.69) is 0 Å². The molecule has 0 aliphatic carbocycles. The minimum absolute atomic E-state index is 0.569. The van der Waals surface area contributed by atoms with Gasteiger partial charge < -0.3 is 14.6 Å². The highest BCUT2D eigenvalue weighted by atomic mass is 16.5. The van der Waals surface area contributed by atoms with E-state index in [1.807, 2.05) is 19.9 Å². The molecule has 1 aromatic rings. The number of carbonyl (C=O) groups excluding carboxylic acids is 1. The van der Waals surface area contributed by atoms with E-state index < -0.39 is 12.1 Å². The molecule has 0 heterocycles. The van der Waals surface area contributed by atoms with Crippen LogP contribution in [0.25, 0.3) is 0 Å². The molecule has 14 heavy (non-hydrogen) atoms. The van der Waals surface area contributed by atoms with Crippen molar-refractivity contribution in [1.29, 1.82) is 0 Å². The number of aliphatic carboxylic acids is 1. The highest BCUT2D eigenvalue weighted by Crippen LogP contribution is 2.17. The first-order valence-electron chi connectivity index (χ1n) is 4.45. The Labute approximate surface area is 83.3 Å². The zero-order chi connectivity index (χ0) is 10.7. The van der Waals surface area contributed by atoms with Crippen molar-refractivity contribution >= 4 is 5.97 Å². The number of carboxylic acids is 1. The first kappa shape index (κ1) is 10.6. The lowest BCUT2D eigenvalue weighted by Crippen LogP contribution is -2.37. The van der Waals surface area contributed by atoms with Gasteiger partial charge in [-0.25, -0.2) is 0 Å². The number of hydrogen-bond donors (Lipinski definition) is 0. The predicted octanol–water partition coefficient (Wildman–Crippen LogP) is 0.821. The number of aryl methyl sites for hydroxylation is 2. The molecule has 76 valence electrons. The van der Waals surface area contributed by atoms with Crippen LogP contribution in [0.4, 0.5) is 0 Å². The fourth-order valence-corrected chi connectivity index (χ4v) is 1.25. The molecule has 0 N–H and O–H groups in total. The summed E-state index contributed by atoms with van der Waals surface area (Å²) >= 11 is 0. The van der Waals surface area contributed by atoms with Gasteiger partial charge in [0.2, 0.25) is 0 Å². The van der Waals surface area contributed by atoms with E-state index in [1.54, 1.807) is 12.1 Å². The summed E-state index contributed by atoms with van der Waals surface area (Å²) in [5, 5.41) is 10.4. The molecule has 0 spiro atoms. The second kappa shape index (κ2) is 4.13. The molecule has 0 aliphatic heterocycles. The largest absolute Gasteiger partial charge is 0.546 e. The molecule has 0 unspecified atom stereocenters. The molecule has 3 nitrogen and oxygen atoms in total. The van der Waals surface area contributed by atoms with Gasteiger partial charge in [0.25, 0.3) is 0 Å². The molecule has 3 heteroatoms. The van der Waals surface area contributed by atoms with Crippen LogP contribution in [0.1, 0.15) is 18.1 Å². The molecule has 1 rings (SSSR count). The van der Waals surface area contributed by atoms with Crippen molar-refractivity contribution in [2.24, 2.45) is 0 Å². The van der Waals surface area contributed by atoms with Crippen LogP contribution < -0.4 is 9.84 Å². The molecular formula is C11H13O3-. The second-order valence-electron chi connectivity index (χ2n) is 3.40. The second-order valence-corrected chi connectivity index (χ2v) is 3.40. The number of benzene rings is 1. The number of hydrogen-bond acceptors (Lipinski definition) is 3. The Bertz CT molecular complexity index is 324. The molecule has 0 bridgehead atoms. The minimum atomic E-state index is -1.20. The number of ether oxygens (including phenoxy) is 1. The lowest BCUT2D eigenvalue weighted by molar-refractivity contribution is -0.312. The van der Waals surface area contributed by atoms with Gasteiger partial charge in [-0.15, -0.1) is 0 Å². The SMILES string of the molecule is Cc1cc(C)cc(O[C@@H](C)C(=O)[O-])c1. The Morgan fingerprint density at radius 3 is 2.21 bits per heavy atom. The Morgan fingerprint density at radius 1 is 1.29 bits per heavy atom. The molecule has 0 aliphatic rings. The molecule has 0 radical (unpaired) electrons. The van der Waals surface area contributed by atoms with Crippen molar-refractivity contribution < 1.29 is 14.6 Å². The van der Waals surface area contributed by atoms with Crippen LogP contribution in [-0.2, 0) is 4.79 Å². The third-order valence-electron chi connectivity index (χ3n) is 1.84. The Kier molecular flexibility index (Phi) is 3.12. The Hall–Kier alpha value is -1.51. The van der Waals surface area contributed by atoms with Gasteiger partial charge in [-0.05, 0) is 44.0 Å². The average Bonchev–Trinajstić information content (AvgIpc) is 2.01. The maximum Gasteiger partial charge on any atom is 0.135 e. The molecule has 1 atom stereocenters. The van der Waals surface area contributed by atoms with E-state index in [4.69, 9.17) is 4.74 Å². The number of carbonyl (C=O) groups is 1. The van der Waals surface area contributed by atoms with Crippen molar-refractivity contribution in [3.63, 3.8) is 0 Å². The van der Waals surface area contributed by atoms with Crippen LogP contribution in [-0.4, -0.2) is 12.1 Å². The van der Waals surface area contributed by atoms with Crippen LogP contribution in [0.2, 0.25) is 0 Å². The first-order valence-corrected chi connectivity index (χ1v) is 4.45. The van der Waals surface area contributed by atoms with Gasteiger partial charge in [0.1, 0.15) is 11.9 Å². The average molecular weight is 193 g/mol. The van der Waals surface area contributed by atoms with Gasteiger partial charge >= 0.3 is 0 Å². The quantitative estimate of drug-likeness (QED) is 0.714. The van der Waals surface area contributed by atoms with Gasteiger partial charge in [0, 0.05) is 0 Å². The van der Waals surface area contributed by atoms with Crippen LogP contribution >= 0.6 is 0 Å². The Morgan fingerprint density at radius 2 is 1.79 bits per heavy atom. The van der Waals surface area contributed by atoms with E-state index in [-0.39, 0.29) is 0 Å². The van der Waals surface area contributed by atoms with Crippen molar-refractivity contribution in [1.82, 2.24) is 0 Å². The van der Waals surface area contributed by atoms with Crippen molar-refractivity contribution in [2.45, 2.75) is 26.9 Å². The third kappa shape index (κ3) is 2.76. The van der Waals surface area contributed by atoms with E-state index >= 15 is 0 Å². The topological polar surface area (TPSA) is 49.4 Å². The smallest absolute Gasteiger partial charge is 0.135 e. The fraction of sp³-hybridized carbons (Fsp3) is 0.364. The molecule has 1 aromatic carbocycles. The van der Waals surface area contributed by atoms with Gasteiger partial charge in [-0.3, -0.25) is 0 Å². The molecule has 0 aromatic heterocycles. The number of rotatable bonds is 3. The normalized spacial score (nSPS) is 12.2. The third-order valence-corrected chi connectivity index (χ3v) is 1.84. The molecular weight excluding hydrogens is 180 g/mol. The molecule has 0 saturated heterocycles. The predicted molar refractivity (Wildman–Crippen MR) is 51.0 cm³/mol. The summed E-state index contributed by atoms with van der Waals surface area (Å²) in [6.07, 6.45) is -0.920. The van der Waals surface area contributed by atoms with Gasteiger partial charge in [-0.2, -0.15) is 0 Å². The lowest BCUT2D eigenvalue weighted by atomic mass is 10.1. The fourth-order valence-electron chi connectivity index (χ4n) is 1.25. The minimum Gasteiger partial charge on any atom is -0.546 e. The summed E-state index contributed by atoms with van der Waals surface area (Å²) in [5.41, 5.74) is 2.09. The summed E-state index contributed by atoms with van der Waals surface area (Å²) in [6, 6.07) is 5.59. The summed E-state index contributed by atoms with van der Waals surface area (Å²) in [6.45, 7) is 5.32. The molecule has 0 amide bonds. The standard InChI is InChI=1S/C11H14O3/c1-7-4-8(2)6-10(5-7)14-9(3)11(12)13/h4-6,9H,1-3H3,(H,12,13)/p-1/t9-/m0/s1. The maximum absolute atomic E-state index is 10.4. The summed E-state index contributed by atoms with van der Waals surface area (Å²) in [7, 11) is 0. The van der Waals surface area contributed by atoms with Crippen LogP contribution in [0.15, 0.2) is 18.2 Å². The summed E-state index contributed by atoms with van der Waals surface area (Å²) < 4.78 is 5.18. The zero-order valence-corrected chi connectivity index (χ0v) is 8.53. The summed E-state index contributed by atoms with van der Waals surface area (Å²) in [4.78, 5) is 10.4. The van der Waals surface area contributed by atoms with Crippen LogP contribution in [0.3, 0.4) is 0 Å². The zero-order valence-electron chi connectivity index (χ0n) is 8.53. The van der Waals surface area contributed by atoms with Gasteiger partial charge in [0.05, 0.1) is 5.97 Å². The van der Waals surface area contributed by atoms with Crippen LogP contribution in [0.5, 0.6) is 5.75 Å². The van der Waals surface area contributed by atoms with Gasteiger partial charge in [0.15, 0.2) is 0 Å². The van der Waals surface area contributed by atoms with Crippen molar-refractivity contribution in [2.75, 3.05) is 0 Å².